The van der Waals surface area contributed by atoms with Gasteiger partial charge in [0.05, 0.1) is 11.2 Å². The number of halogens is 1. The Bertz CT molecular complexity index is 593. The van der Waals surface area contributed by atoms with Crippen LogP contribution in [-0.2, 0) is 13.2 Å². The Labute approximate surface area is 131 Å². The van der Waals surface area contributed by atoms with Gasteiger partial charge in [0.1, 0.15) is 12.4 Å². The molecule has 0 saturated carbocycles. The Morgan fingerprint density at radius 3 is 2.62 bits per heavy atom. The molecule has 0 aliphatic heterocycles. The monoisotopic (exact) mass is 304 g/mol. The summed E-state index contributed by atoms with van der Waals surface area (Å²) >= 11 is 5.88. The van der Waals surface area contributed by atoms with Crippen molar-refractivity contribution in [3.63, 3.8) is 0 Å². The lowest BCUT2D eigenvalue weighted by Crippen LogP contribution is -2.35. The standard InChI is InChI=1S/C17H21ClN2O/c1-17(2,3)20-9-13-5-4-6-14(7-13)12-21-16-8-15(18)10-19-11-16/h4-8,10-11,20H,9,12H2,1-3H3. The van der Waals surface area contributed by atoms with Crippen molar-refractivity contribution < 1.29 is 4.74 Å². The first-order chi connectivity index (χ1) is 9.92. The average Bonchev–Trinajstić information content (AvgIpc) is 2.43. The number of benzene rings is 1. The highest BCUT2D eigenvalue weighted by atomic mass is 35.5. The molecular formula is C17H21ClN2O. The first-order valence-corrected chi connectivity index (χ1v) is 7.36. The van der Waals surface area contributed by atoms with E-state index in [1.807, 2.05) is 0 Å². The summed E-state index contributed by atoms with van der Waals surface area (Å²) in [5.41, 5.74) is 2.48. The van der Waals surface area contributed by atoms with Crippen LogP contribution in [0.15, 0.2) is 42.7 Å². The predicted octanol–water partition coefficient (Wildman–Crippen LogP) is 4.20. The van der Waals surface area contributed by atoms with Crippen LogP contribution in [0.5, 0.6) is 5.75 Å². The van der Waals surface area contributed by atoms with Crippen LogP contribution >= 0.6 is 11.6 Å². The molecule has 0 aliphatic carbocycles. The van der Waals surface area contributed by atoms with Gasteiger partial charge in [0.2, 0.25) is 0 Å². The van der Waals surface area contributed by atoms with Crippen molar-refractivity contribution in [2.45, 2.75) is 39.5 Å². The summed E-state index contributed by atoms with van der Waals surface area (Å²) in [5, 5.41) is 4.06. The van der Waals surface area contributed by atoms with E-state index in [-0.39, 0.29) is 5.54 Å². The summed E-state index contributed by atoms with van der Waals surface area (Å²) in [6.45, 7) is 7.83. The highest BCUT2D eigenvalue weighted by Gasteiger charge is 2.08. The maximum absolute atomic E-state index is 5.88. The van der Waals surface area contributed by atoms with E-state index in [1.54, 1.807) is 18.5 Å². The van der Waals surface area contributed by atoms with Gasteiger partial charge in [-0.2, -0.15) is 0 Å². The van der Waals surface area contributed by atoms with Crippen LogP contribution in [0.2, 0.25) is 5.02 Å². The molecule has 3 nitrogen and oxygen atoms in total. The van der Waals surface area contributed by atoms with Crippen LogP contribution in [0.25, 0.3) is 0 Å². The topological polar surface area (TPSA) is 34.1 Å². The molecule has 0 atom stereocenters. The third-order valence-corrected chi connectivity index (χ3v) is 3.11. The number of hydrogen-bond acceptors (Lipinski definition) is 3. The van der Waals surface area contributed by atoms with Crippen LogP contribution in [0.1, 0.15) is 31.9 Å². The number of ether oxygens (including phenoxy) is 1. The van der Waals surface area contributed by atoms with E-state index in [1.165, 1.54) is 5.56 Å². The van der Waals surface area contributed by atoms with Gasteiger partial charge in [-0.05, 0) is 31.9 Å². The zero-order valence-electron chi connectivity index (χ0n) is 12.7. The molecule has 2 aromatic rings. The Kier molecular flexibility index (Phi) is 5.21. The van der Waals surface area contributed by atoms with Crippen molar-refractivity contribution >= 4 is 11.6 Å². The molecular weight excluding hydrogens is 284 g/mol. The fourth-order valence-electron chi connectivity index (χ4n) is 1.83. The second kappa shape index (κ2) is 6.92. The largest absolute Gasteiger partial charge is 0.487 e. The lowest BCUT2D eigenvalue weighted by Gasteiger charge is -2.20. The third kappa shape index (κ3) is 5.74. The maximum Gasteiger partial charge on any atom is 0.139 e. The van der Waals surface area contributed by atoms with Gasteiger partial charge in [0.15, 0.2) is 0 Å². The first kappa shape index (κ1) is 15.8. The Morgan fingerprint density at radius 2 is 1.90 bits per heavy atom. The van der Waals surface area contributed by atoms with Crippen molar-refractivity contribution in [3.8, 4) is 5.75 Å². The number of aromatic nitrogens is 1. The van der Waals surface area contributed by atoms with Crippen LogP contribution < -0.4 is 10.1 Å². The predicted molar refractivity (Wildman–Crippen MR) is 86.6 cm³/mol. The number of nitrogens with one attached hydrogen (secondary N) is 1. The zero-order chi connectivity index (χ0) is 15.3. The fraction of sp³-hybridized carbons (Fsp3) is 0.353. The van der Waals surface area contributed by atoms with Gasteiger partial charge < -0.3 is 10.1 Å². The van der Waals surface area contributed by atoms with E-state index in [9.17, 15) is 0 Å². The lowest BCUT2D eigenvalue weighted by molar-refractivity contribution is 0.305. The molecule has 0 fully saturated rings. The molecule has 4 heteroatoms. The minimum absolute atomic E-state index is 0.110. The number of hydrogen-bond donors (Lipinski definition) is 1. The molecule has 0 radical (unpaired) electrons. The Morgan fingerprint density at radius 1 is 1.14 bits per heavy atom. The van der Waals surface area contributed by atoms with E-state index in [2.05, 4.69) is 55.3 Å². The van der Waals surface area contributed by atoms with Crippen molar-refractivity contribution in [2.75, 3.05) is 0 Å². The normalized spacial score (nSPS) is 11.4. The smallest absolute Gasteiger partial charge is 0.139 e. The molecule has 0 saturated heterocycles. The maximum atomic E-state index is 5.88. The van der Waals surface area contributed by atoms with Crippen molar-refractivity contribution in [3.05, 3.63) is 58.9 Å². The summed E-state index contributed by atoms with van der Waals surface area (Å²) in [7, 11) is 0. The summed E-state index contributed by atoms with van der Waals surface area (Å²) in [6.07, 6.45) is 3.25. The van der Waals surface area contributed by atoms with Gasteiger partial charge in [-0.3, -0.25) is 4.98 Å². The van der Waals surface area contributed by atoms with Crippen LogP contribution in [0, 0.1) is 0 Å². The van der Waals surface area contributed by atoms with Gasteiger partial charge in [0.25, 0.3) is 0 Å². The van der Waals surface area contributed by atoms with Gasteiger partial charge in [0, 0.05) is 24.3 Å². The van der Waals surface area contributed by atoms with Crippen LogP contribution in [0.3, 0.4) is 0 Å². The summed E-state index contributed by atoms with van der Waals surface area (Å²) in [5.74, 6) is 0.681. The number of pyridine rings is 1. The molecule has 0 amide bonds. The SMILES string of the molecule is CC(C)(C)NCc1cccc(COc2cncc(Cl)c2)c1. The molecule has 1 heterocycles. The number of rotatable bonds is 5. The minimum atomic E-state index is 0.110. The van der Waals surface area contributed by atoms with Gasteiger partial charge in [-0.1, -0.05) is 35.9 Å². The van der Waals surface area contributed by atoms with Crippen molar-refractivity contribution in [2.24, 2.45) is 0 Å². The van der Waals surface area contributed by atoms with E-state index in [4.69, 9.17) is 16.3 Å². The number of nitrogens with zero attached hydrogens (tertiary/aromatic N) is 1. The third-order valence-electron chi connectivity index (χ3n) is 2.90. The second-order valence-electron chi connectivity index (χ2n) is 6.05. The van der Waals surface area contributed by atoms with Crippen molar-refractivity contribution in [1.82, 2.24) is 10.3 Å². The molecule has 1 N–H and O–H groups in total. The fourth-order valence-corrected chi connectivity index (χ4v) is 2.00. The van der Waals surface area contributed by atoms with E-state index >= 15 is 0 Å². The summed E-state index contributed by atoms with van der Waals surface area (Å²) in [6, 6.07) is 10.1. The minimum Gasteiger partial charge on any atom is -0.487 e. The quantitative estimate of drug-likeness (QED) is 0.899. The van der Waals surface area contributed by atoms with Crippen LogP contribution in [-0.4, -0.2) is 10.5 Å². The summed E-state index contributed by atoms with van der Waals surface area (Å²) < 4.78 is 5.71. The van der Waals surface area contributed by atoms with E-state index < -0.39 is 0 Å². The molecule has 0 bridgehead atoms. The van der Waals surface area contributed by atoms with Gasteiger partial charge in [-0.25, -0.2) is 0 Å². The Hall–Kier alpha value is -1.58. The van der Waals surface area contributed by atoms with E-state index in [0.29, 0.717) is 17.4 Å². The van der Waals surface area contributed by atoms with Gasteiger partial charge in [-0.15, -0.1) is 0 Å². The molecule has 0 unspecified atom stereocenters. The second-order valence-corrected chi connectivity index (χ2v) is 6.49. The molecule has 2 rings (SSSR count). The molecule has 0 spiro atoms. The highest BCUT2D eigenvalue weighted by Crippen LogP contribution is 2.17. The average molecular weight is 305 g/mol. The van der Waals surface area contributed by atoms with E-state index in [0.717, 1.165) is 12.1 Å². The summed E-state index contributed by atoms with van der Waals surface area (Å²) in [4.78, 5) is 4.00. The molecule has 21 heavy (non-hydrogen) atoms. The Balaban J connectivity index is 1.95. The van der Waals surface area contributed by atoms with Crippen LogP contribution in [0.4, 0.5) is 0 Å². The molecule has 1 aromatic heterocycles. The zero-order valence-corrected chi connectivity index (χ0v) is 13.4. The molecule has 1 aromatic carbocycles. The molecule has 112 valence electrons. The highest BCUT2D eigenvalue weighted by molar-refractivity contribution is 6.30. The van der Waals surface area contributed by atoms with Gasteiger partial charge >= 0.3 is 0 Å². The molecule has 0 aliphatic rings. The lowest BCUT2D eigenvalue weighted by atomic mass is 10.1. The first-order valence-electron chi connectivity index (χ1n) is 6.98. The van der Waals surface area contributed by atoms with Crippen molar-refractivity contribution in [1.29, 1.82) is 0 Å².